The number of halogens is 1. The molecule has 160 valence electrons. The molecule has 1 atom stereocenters. The van der Waals surface area contributed by atoms with Crippen molar-refractivity contribution in [1.29, 1.82) is 0 Å². The average molecular weight is 469 g/mol. The lowest BCUT2D eigenvalue weighted by Crippen LogP contribution is -2.47. The summed E-state index contributed by atoms with van der Waals surface area (Å²) in [5.41, 5.74) is 2.71. The molecule has 0 radical (unpaired) electrons. The molecule has 4 rings (SSSR count). The fraction of sp³-hybridized carbons (Fsp3) is 0.316. The molecule has 1 saturated heterocycles. The van der Waals surface area contributed by atoms with E-state index in [9.17, 15) is 8.42 Å². The van der Waals surface area contributed by atoms with Crippen LogP contribution in [0.1, 0.15) is 0 Å². The highest BCUT2D eigenvalue weighted by molar-refractivity contribution is 7.88. The van der Waals surface area contributed by atoms with E-state index in [0.29, 0.717) is 40.8 Å². The Kier molecular flexibility index (Phi) is 7.14. The summed E-state index contributed by atoms with van der Waals surface area (Å²) in [4.78, 5) is 13.3. The van der Waals surface area contributed by atoms with Crippen molar-refractivity contribution in [3.63, 3.8) is 0 Å². The topological polar surface area (TPSA) is 94.5 Å². The second-order valence-electron chi connectivity index (χ2n) is 6.67. The molecule has 0 spiro atoms. The number of aromatic nitrogens is 3. The Bertz CT molecular complexity index is 1130. The number of ether oxygens (including phenoxy) is 2. The van der Waals surface area contributed by atoms with Crippen molar-refractivity contribution in [2.24, 2.45) is 0 Å². The summed E-state index contributed by atoms with van der Waals surface area (Å²) in [5, 5.41) is 0.635. The minimum atomic E-state index is -3.27. The monoisotopic (exact) mass is 468 g/mol. The Morgan fingerprint density at radius 2 is 1.97 bits per heavy atom. The molecule has 1 fully saturated rings. The summed E-state index contributed by atoms with van der Waals surface area (Å²) < 4.78 is 36.6. The van der Waals surface area contributed by atoms with Crippen molar-refractivity contribution in [2.75, 3.05) is 32.6 Å². The molecule has 0 unspecified atom stereocenters. The number of sulfonamides is 1. The average Bonchev–Trinajstić information content (AvgIpc) is 2.72. The van der Waals surface area contributed by atoms with Crippen LogP contribution in [0.3, 0.4) is 0 Å². The fourth-order valence-electron chi connectivity index (χ4n) is 3.08. The van der Waals surface area contributed by atoms with Gasteiger partial charge in [-0.2, -0.15) is 17.8 Å². The normalized spacial score (nSPS) is 17.5. The Morgan fingerprint density at radius 3 is 2.70 bits per heavy atom. The third-order valence-electron chi connectivity index (χ3n) is 4.54. The second-order valence-corrected chi connectivity index (χ2v) is 9.09. The zero-order chi connectivity index (χ0) is 20.4. The number of hydrogen-bond donors (Lipinski definition) is 0. The van der Waals surface area contributed by atoms with E-state index in [1.807, 2.05) is 18.2 Å². The maximum absolute atomic E-state index is 11.8. The number of benzene rings is 1. The van der Waals surface area contributed by atoms with Gasteiger partial charge in [0, 0.05) is 36.1 Å². The van der Waals surface area contributed by atoms with Crippen molar-refractivity contribution in [1.82, 2.24) is 19.3 Å². The van der Waals surface area contributed by atoms with E-state index in [1.165, 1.54) is 10.6 Å². The number of rotatable bonds is 5. The van der Waals surface area contributed by atoms with Crippen LogP contribution in [0.25, 0.3) is 22.3 Å². The molecule has 0 saturated carbocycles. The molecular formula is C19H21ClN4O4S2. The zero-order valence-corrected chi connectivity index (χ0v) is 18.7. The highest BCUT2D eigenvalue weighted by Gasteiger charge is 2.27. The number of pyridine rings is 1. The Balaban J connectivity index is 0.00000256. The summed E-state index contributed by atoms with van der Waals surface area (Å²) in [6.07, 6.45) is 3.97. The van der Waals surface area contributed by atoms with Gasteiger partial charge < -0.3 is 9.47 Å². The minimum absolute atomic E-state index is 0. The van der Waals surface area contributed by atoms with Crippen LogP contribution in [0.2, 0.25) is 5.02 Å². The van der Waals surface area contributed by atoms with Crippen LogP contribution in [0.5, 0.6) is 5.88 Å². The first kappa shape index (κ1) is 22.7. The van der Waals surface area contributed by atoms with Gasteiger partial charge in [0.15, 0.2) is 5.52 Å². The third kappa shape index (κ3) is 5.19. The second kappa shape index (κ2) is 9.44. The maximum atomic E-state index is 11.8. The standard InChI is InChI=1S/C19H19ClN4O4S.H2S/c1-29(25,26)24-8-9-27-15(11-24)12-28-19-18-17(21-6-7-22-18)10-16(23-19)13-2-4-14(20)5-3-13;/h2-7,10,15H,8-9,11-12H2,1H3;1H2/t15-;/m0./s1. The molecule has 3 aromatic rings. The van der Waals surface area contributed by atoms with Crippen molar-refractivity contribution < 1.29 is 17.9 Å². The van der Waals surface area contributed by atoms with E-state index in [4.69, 9.17) is 21.1 Å². The van der Waals surface area contributed by atoms with Crippen LogP contribution < -0.4 is 4.74 Å². The molecule has 11 heteroatoms. The molecule has 30 heavy (non-hydrogen) atoms. The van der Waals surface area contributed by atoms with Crippen LogP contribution in [-0.2, 0) is 14.8 Å². The molecule has 8 nitrogen and oxygen atoms in total. The summed E-state index contributed by atoms with van der Waals surface area (Å²) in [6, 6.07) is 9.14. The van der Waals surface area contributed by atoms with Gasteiger partial charge in [0.1, 0.15) is 12.7 Å². The highest BCUT2D eigenvalue weighted by atomic mass is 35.5. The predicted molar refractivity (Wildman–Crippen MR) is 120 cm³/mol. The molecular weight excluding hydrogens is 448 g/mol. The summed E-state index contributed by atoms with van der Waals surface area (Å²) in [6.45, 7) is 1.04. The van der Waals surface area contributed by atoms with E-state index < -0.39 is 16.1 Å². The van der Waals surface area contributed by atoms with E-state index in [-0.39, 0.29) is 26.6 Å². The van der Waals surface area contributed by atoms with Gasteiger partial charge >= 0.3 is 0 Å². The van der Waals surface area contributed by atoms with Gasteiger partial charge in [0.2, 0.25) is 15.9 Å². The van der Waals surface area contributed by atoms with Gasteiger partial charge in [0.05, 0.1) is 24.1 Å². The number of nitrogens with zero attached hydrogens (tertiary/aromatic N) is 4. The highest BCUT2D eigenvalue weighted by Crippen LogP contribution is 2.28. The van der Waals surface area contributed by atoms with Gasteiger partial charge in [-0.05, 0) is 18.2 Å². The number of fused-ring (bicyclic) bond motifs is 1. The molecule has 0 amide bonds. The molecule has 0 aliphatic carbocycles. The van der Waals surface area contributed by atoms with Crippen LogP contribution in [0.4, 0.5) is 0 Å². The molecule has 1 aliphatic heterocycles. The van der Waals surface area contributed by atoms with Gasteiger partial charge in [-0.15, -0.1) is 0 Å². The SMILES string of the molecule is CS(=O)(=O)N1CCO[C@H](COc2nc(-c3ccc(Cl)cc3)cc3nccnc23)C1.S. The molecule has 0 bridgehead atoms. The number of hydrogen-bond acceptors (Lipinski definition) is 7. The van der Waals surface area contributed by atoms with Crippen molar-refractivity contribution in [3.8, 4) is 17.1 Å². The molecule has 1 aliphatic rings. The van der Waals surface area contributed by atoms with Crippen molar-refractivity contribution in [3.05, 3.63) is 47.7 Å². The molecule has 2 aromatic heterocycles. The molecule has 1 aromatic carbocycles. The first-order valence-electron chi connectivity index (χ1n) is 8.97. The van der Waals surface area contributed by atoms with E-state index in [0.717, 1.165) is 5.56 Å². The minimum Gasteiger partial charge on any atom is -0.473 e. The Morgan fingerprint density at radius 1 is 1.23 bits per heavy atom. The van der Waals surface area contributed by atoms with Crippen molar-refractivity contribution >= 4 is 46.2 Å². The summed E-state index contributed by atoms with van der Waals surface area (Å²) in [7, 11) is -3.27. The third-order valence-corrected chi connectivity index (χ3v) is 6.06. The van der Waals surface area contributed by atoms with Gasteiger partial charge in [-0.25, -0.2) is 18.4 Å². The summed E-state index contributed by atoms with van der Waals surface area (Å²) >= 11 is 5.98. The maximum Gasteiger partial charge on any atom is 0.242 e. The molecule has 0 N–H and O–H groups in total. The van der Waals surface area contributed by atoms with Crippen LogP contribution in [0, 0.1) is 0 Å². The first-order valence-corrected chi connectivity index (χ1v) is 11.2. The van der Waals surface area contributed by atoms with Gasteiger partial charge in [-0.1, -0.05) is 23.7 Å². The van der Waals surface area contributed by atoms with E-state index >= 15 is 0 Å². The van der Waals surface area contributed by atoms with Gasteiger partial charge in [0.25, 0.3) is 0 Å². The van der Waals surface area contributed by atoms with Crippen molar-refractivity contribution in [2.45, 2.75) is 6.10 Å². The quantitative estimate of drug-likeness (QED) is 0.567. The lowest BCUT2D eigenvalue weighted by molar-refractivity contribution is -0.0252. The lowest BCUT2D eigenvalue weighted by Gasteiger charge is -2.30. The summed E-state index contributed by atoms with van der Waals surface area (Å²) in [5.74, 6) is 0.320. The van der Waals surface area contributed by atoms with Crippen LogP contribution >= 0.6 is 25.1 Å². The molecule has 3 heterocycles. The number of morpholine rings is 1. The Labute approximate surface area is 186 Å². The van der Waals surface area contributed by atoms with Crippen LogP contribution in [0.15, 0.2) is 42.7 Å². The van der Waals surface area contributed by atoms with Gasteiger partial charge in [-0.3, -0.25) is 4.98 Å². The predicted octanol–water partition coefficient (Wildman–Crippen LogP) is 2.50. The zero-order valence-electron chi connectivity index (χ0n) is 16.2. The lowest BCUT2D eigenvalue weighted by atomic mass is 10.1. The van der Waals surface area contributed by atoms with E-state index in [1.54, 1.807) is 24.5 Å². The largest absolute Gasteiger partial charge is 0.473 e. The first-order chi connectivity index (χ1) is 13.9. The van der Waals surface area contributed by atoms with Crippen LogP contribution in [-0.4, -0.2) is 66.3 Å². The van der Waals surface area contributed by atoms with E-state index in [2.05, 4.69) is 15.0 Å². The fourth-order valence-corrected chi connectivity index (χ4v) is 4.05. The Hall–Kier alpha value is -1.98. The smallest absolute Gasteiger partial charge is 0.242 e.